The number of nitrogens with zero attached hydrogens (tertiary/aromatic N) is 5. The number of fused-ring (bicyclic) bond motifs is 3. The highest BCUT2D eigenvalue weighted by Gasteiger charge is 2.39. The summed E-state index contributed by atoms with van der Waals surface area (Å²) in [6.45, 7) is 5.97. The van der Waals surface area contributed by atoms with Crippen LogP contribution in [0.3, 0.4) is 0 Å². The lowest BCUT2D eigenvalue weighted by molar-refractivity contribution is 0.0741. The standard InChI is InChI=1S/C25H29ClFN5O3/c1-3-7-31-17(9-22(33)21(31)4-2)14-35-23-8-16(27)5-6-18(23)25(34)30-12-19-20(13-30)29-32-11-15(26)10-28-24(19)32/h5-6,8,10-11,17,21-22,33H,3-4,7,9,12-14H2,1-2H3. The van der Waals surface area contributed by atoms with Gasteiger partial charge < -0.3 is 14.7 Å². The van der Waals surface area contributed by atoms with Crippen LogP contribution in [-0.2, 0) is 13.1 Å². The molecule has 8 nitrogen and oxygen atoms in total. The lowest BCUT2D eigenvalue weighted by Crippen LogP contribution is -2.41. The SMILES string of the molecule is CCCN1C(COc2cc(F)ccc2C(=O)N2Cc3nn4cc(Cl)cnc4c3C2)CC(O)C1CC. The summed E-state index contributed by atoms with van der Waals surface area (Å²) in [5, 5.41) is 15.5. The predicted octanol–water partition coefficient (Wildman–Crippen LogP) is 3.68. The summed E-state index contributed by atoms with van der Waals surface area (Å²) in [5.41, 5.74) is 2.60. The van der Waals surface area contributed by atoms with Crippen molar-refractivity contribution in [2.75, 3.05) is 13.2 Å². The number of carbonyl (C=O) groups excluding carboxylic acids is 1. The van der Waals surface area contributed by atoms with E-state index < -0.39 is 11.9 Å². The largest absolute Gasteiger partial charge is 0.491 e. The maximum Gasteiger partial charge on any atom is 0.258 e. The van der Waals surface area contributed by atoms with Crippen LogP contribution in [0.15, 0.2) is 30.6 Å². The highest BCUT2D eigenvalue weighted by atomic mass is 35.5. The van der Waals surface area contributed by atoms with E-state index in [-0.39, 0.29) is 30.3 Å². The van der Waals surface area contributed by atoms with Gasteiger partial charge in [0.25, 0.3) is 5.91 Å². The van der Waals surface area contributed by atoms with Gasteiger partial charge in [-0.2, -0.15) is 5.10 Å². The summed E-state index contributed by atoms with van der Waals surface area (Å²) in [4.78, 5) is 21.7. The molecule has 3 unspecified atom stereocenters. The fourth-order valence-corrected chi connectivity index (χ4v) is 5.50. The molecule has 1 fully saturated rings. The van der Waals surface area contributed by atoms with Gasteiger partial charge >= 0.3 is 0 Å². The molecule has 35 heavy (non-hydrogen) atoms. The van der Waals surface area contributed by atoms with Gasteiger partial charge in [-0.15, -0.1) is 0 Å². The number of hydrogen-bond acceptors (Lipinski definition) is 6. The number of aliphatic hydroxyl groups is 1. The summed E-state index contributed by atoms with van der Waals surface area (Å²) >= 11 is 6.01. The summed E-state index contributed by atoms with van der Waals surface area (Å²) in [7, 11) is 0. The summed E-state index contributed by atoms with van der Waals surface area (Å²) < 4.78 is 21.8. The van der Waals surface area contributed by atoms with Crippen molar-refractivity contribution in [1.82, 2.24) is 24.4 Å². The van der Waals surface area contributed by atoms with Crippen LogP contribution in [0, 0.1) is 5.82 Å². The first-order chi connectivity index (χ1) is 16.9. The van der Waals surface area contributed by atoms with E-state index in [4.69, 9.17) is 16.3 Å². The fourth-order valence-electron chi connectivity index (χ4n) is 5.35. The topological polar surface area (TPSA) is 83.2 Å². The molecule has 3 atom stereocenters. The number of amides is 1. The van der Waals surface area contributed by atoms with Crippen LogP contribution in [0.2, 0.25) is 5.02 Å². The third-order valence-electron chi connectivity index (χ3n) is 6.95. The fraction of sp³-hybridized carbons (Fsp3) is 0.480. The molecule has 4 heterocycles. The molecule has 2 aliphatic heterocycles. The van der Waals surface area contributed by atoms with Crippen molar-refractivity contribution in [2.45, 2.75) is 64.4 Å². The zero-order chi connectivity index (χ0) is 24.7. The van der Waals surface area contributed by atoms with Gasteiger partial charge in [-0.05, 0) is 37.9 Å². The molecule has 2 aromatic heterocycles. The molecule has 0 radical (unpaired) electrons. The van der Waals surface area contributed by atoms with Crippen molar-refractivity contribution in [3.05, 3.63) is 58.3 Å². The van der Waals surface area contributed by atoms with Gasteiger partial charge in [-0.25, -0.2) is 13.9 Å². The number of hydrogen-bond donors (Lipinski definition) is 1. The van der Waals surface area contributed by atoms with E-state index in [1.54, 1.807) is 21.8 Å². The zero-order valence-electron chi connectivity index (χ0n) is 19.8. The average molecular weight is 502 g/mol. The van der Waals surface area contributed by atoms with Crippen molar-refractivity contribution in [3.8, 4) is 5.75 Å². The minimum absolute atomic E-state index is 0.00333. The average Bonchev–Trinajstić information content (AvgIpc) is 3.48. The Bertz CT molecular complexity index is 1250. The second-order valence-electron chi connectivity index (χ2n) is 9.25. The molecule has 0 aliphatic carbocycles. The number of aliphatic hydroxyl groups excluding tert-OH is 1. The maximum atomic E-state index is 14.1. The molecule has 0 bridgehead atoms. The Hall–Kier alpha value is -2.75. The number of benzene rings is 1. The van der Waals surface area contributed by atoms with E-state index in [0.717, 1.165) is 30.6 Å². The van der Waals surface area contributed by atoms with E-state index in [2.05, 4.69) is 28.8 Å². The Morgan fingerprint density at radius 2 is 2.14 bits per heavy atom. The monoisotopic (exact) mass is 501 g/mol. The lowest BCUT2D eigenvalue weighted by atomic mass is 10.1. The molecule has 1 saturated heterocycles. The van der Waals surface area contributed by atoms with Crippen molar-refractivity contribution in [2.24, 2.45) is 0 Å². The Morgan fingerprint density at radius 3 is 2.91 bits per heavy atom. The minimum atomic E-state index is -0.469. The molecule has 0 saturated carbocycles. The second-order valence-corrected chi connectivity index (χ2v) is 9.69. The first-order valence-corrected chi connectivity index (χ1v) is 12.4. The number of ether oxygens (including phenoxy) is 1. The van der Waals surface area contributed by atoms with Gasteiger partial charge in [0.1, 0.15) is 18.2 Å². The molecule has 3 aromatic rings. The van der Waals surface area contributed by atoms with Gasteiger partial charge in [0, 0.05) is 29.9 Å². The molecule has 5 rings (SSSR count). The van der Waals surface area contributed by atoms with E-state index in [9.17, 15) is 14.3 Å². The Labute approximate surface area is 208 Å². The van der Waals surface area contributed by atoms with Crippen molar-refractivity contribution >= 4 is 23.2 Å². The smallest absolute Gasteiger partial charge is 0.258 e. The molecule has 1 amide bonds. The quantitative estimate of drug-likeness (QED) is 0.532. The Morgan fingerprint density at radius 1 is 1.31 bits per heavy atom. The number of halogens is 2. The highest BCUT2D eigenvalue weighted by Crippen LogP contribution is 2.31. The molecule has 1 aromatic carbocycles. The van der Waals surface area contributed by atoms with Gasteiger partial charge in [0.2, 0.25) is 0 Å². The lowest BCUT2D eigenvalue weighted by Gasteiger charge is -2.29. The van der Waals surface area contributed by atoms with Gasteiger partial charge in [-0.3, -0.25) is 9.69 Å². The Balaban J connectivity index is 1.33. The third-order valence-corrected chi connectivity index (χ3v) is 7.15. The number of aromatic nitrogens is 3. The van der Waals surface area contributed by atoms with E-state index in [1.165, 1.54) is 18.2 Å². The predicted molar refractivity (Wildman–Crippen MR) is 129 cm³/mol. The summed E-state index contributed by atoms with van der Waals surface area (Å²) in [6.07, 6.45) is 5.23. The first-order valence-electron chi connectivity index (χ1n) is 12.1. The highest BCUT2D eigenvalue weighted by molar-refractivity contribution is 6.30. The van der Waals surface area contributed by atoms with Gasteiger partial charge in [0.15, 0.2) is 5.65 Å². The third kappa shape index (κ3) is 4.48. The molecular weight excluding hydrogens is 473 g/mol. The maximum absolute atomic E-state index is 14.1. The number of rotatable bonds is 7. The number of carbonyl (C=O) groups is 1. The summed E-state index contributed by atoms with van der Waals surface area (Å²) in [5.74, 6) is -0.513. The molecule has 10 heteroatoms. The van der Waals surface area contributed by atoms with Crippen LogP contribution in [0.25, 0.3) is 5.65 Å². The van der Waals surface area contributed by atoms with Gasteiger partial charge in [-0.1, -0.05) is 25.4 Å². The zero-order valence-corrected chi connectivity index (χ0v) is 20.6. The van der Waals surface area contributed by atoms with Crippen LogP contribution in [0.5, 0.6) is 5.75 Å². The molecule has 2 aliphatic rings. The first kappa shape index (κ1) is 24.0. The van der Waals surface area contributed by atoms with Crippen LogP contribution < -0.4 is 4.74 Å². The molecule has 186 valence electrons. The summed E-state index contributed by atoms with van der Waals surface area (Å²) in [6, 6.07) is 4.09. The molecule has 0 spiro atoms. The van der Waals surface area contributed by atoms with Crippen LogP contribution >= 0.6 is 11.6 Å². The Kier molecular flexibility index (Phi) is 6.65. The molecular formula is C25H29ClFN5O3. The van der Waals surface area contributed by atoms with Crippen LogP contribution in [-0.4, -0.2) is 66.8 Å². The van der Waals surface area contributed by atoms with E-state index in [1.807, 2.05) is 0 Å². The van der Waals surface area contributed by atoms with E-state index >= 15 is 0 Å². The van der Waals surface area contributed by atoms with Gasteiger partial charge in [0.05, 0.1) is 41.7 Å². The van der Waals surface area contributed by atoms with Crippen LogP contribution in [0.1, 0.15) is 54.7 Å². The number of likely N-dealkylation sites (tertiary alicyclic amines) is 1. The van der Waals surface area contributed by atoms with Crippen molar-refractivity contribution in [3.63, 3.8) is 0 Å². The van der Waals surface area contributed by atoms with Crippen molar-refractivity contribution < 1.29 is 19.0 Å². The minimum Gasteiger partial charge on any atom is -0.491 e. The normalized spacial score (nSPS) is 22.2. The van der Waals surface area contributed by atoms with E-state index in [0.29, 0.717) is 35.7 Å². The second kappa shape index (κ2) is 9.72. The van der Waals surface area contributed by atoms with Crippen molar-refractivity contribution in [1.29, 1.82) is 0 Å². The van der Waals surface area contributed by atoms with Crippen LogP contribution in [0.4, 0.5) is 4.39 Å². The molecule has 1 N–H and O–H groups in total.